The van der Waals surface area contributed by atoms with Crippen LogP contribution in [0, 0.1) is 5.41 Å². The molecule has 2 aromatic heterocycles. The van der Waals surface area contributed by atoms with Crippen molar-refractivity contribution in [1.82, 2.24) is 15.0 Å². The second kappa shape index (κ2) is 9.31. The van der Waals surface area contributed by atoms with E-state index in [1.54, 1.807) is 19.5 Å². The van der Waals surface area contributed by atoms with Gasteiger partial charge in [-0.2, -0.15) is 0 Å². The summed E-state index contributed by atoms with van der Waals surface area (Å²) in [6.07, 6.45) is 5.69. The SMILES string of the molecule is COc1cc(N2CC3(CCOCC3)C2)c(Cl)cc1Nc1nccc(-c2cnc3c(c2)C(C)(CO)CN3)n1. The Hall–Kier alpha value is -3.14. The lowest BCUT2D eigenvalue weighted by Crippen LogP contribution is -2.58. The van der Waals surface area contributed by atoms with E-state index in [9.17, 15) is 5.11 Å². The molecule has 1 unspecified atom stereocenters. The van der Waals surface area contributed by atoms with E-state index < -0.39 is 0 Å². The molecule has 9 nitrogen and oxygen atoms in total. The van der Waals surface area contributed by atoms with Crippen LogP contribution in [-0.2, 0) is 10.2 Å². The fourth-order valence-corrected chi connectivity index (χ4v) is 5.81. The summed E-state index contributed by atoms with van der Waals surface area (Å²) in [5.41, 5.74) is 4.20. The van der Waals surface area contributed by atoms with Crippen LogP contribution >= 0.6 is 11.6 Å². The number of halogens is 1. The quantitative estimate of drug-likeness (QED) is 0.438. The van der Waals surface area contributed by atoms with Gasteiger partial charge in [-0.3, -0.25) is 0 Å². The van der Waals surface area contributed by atoms with Gasteiger partial charge in [0.2, 0.25) is 5.95 Å². The van der Waals surface area contributed by atoms with Gasteiger partial charge in [0.05, 0.1) is 35.8 Å². The standard InChI is InChI=1S/C27H31ClN6O3/c1-26(16-35)13-31-24-18(26)9-17(12-30-24)20-3-6-29-25(32-20)33-21-10-19(28)22(11-23(21)36-2)34-14-27(15-34)4-7-37-8-5-27/h3,6,9-12,35H,4-5,7-8,13-16H2,1-2H3,(H,30,31)(H,29,32,33). The molecule has 194 valence electrons. The molecule has 1 atom stereocenters. The maximum Gasteiger partial charge on any atom is 0.227 e. The molecule has 0 bridgehead atoms. The zero-order valence-corrected chi connectivity index (χ0v) is 21.8. The van der Waals surface area contributed by atoms with E-state index in [0.717, 1.165) is 67.5 Å². The van der Waals surface area contributed by atoms with Crippen molar-refractivity contribution >= 4 is 34.7 Å². The molecule has 2 saturated heterocycles. The van der Waals surface area contributed by atoms with Crippen molar-refractivity contribution in [2.45, 2.75) is 25.2 Å². The first-order valence-corrected chi connectivity index (χ1v) is 13.0. The average molecular weight is 523 g/mol. The van der Waals surface area contributed by atoms with Crippen LogP contribution < -0.4 is 20.3 Å². The molecular formula is C27H31ClN6O3. The zero-order valence-electron chi connectivity index (χ0n) is 21.1. The first-order valence-electron chi connectivity index (χ1n) is 12.6. The molecule has 5 heterocycles. The Bertz CT molecular complexity index is 1320. The van der Waals surface area contributed by atoms with Gasteiger partial charge in [0.1, 0.15) is 11.6 Å². The number of nitrogens with one attached hydrogen (secondary N) is 2. The molecule has 2 fully saturated rings. The molecule has 3 N–H and O–H groups in total. The largest absolute Gasteiger partial charge is 0.494 e. The molecule has 3 aliphatic heterocycles. The summed E-state index contributed by atoms with van der Waals surface area (Å²) < 4.78 is 11.2. The summed E-state index contributed by atoms with van der Waals surface area (Å²) in [5.74, 6) is 1.90. The van der Waals surface area contributed by atoms with E-state index in [2.05, 4.69) is 25.5 Å². The number of aliphatic hydroxyl groups is 1. The number of ether oxygens (including phenoxy) is 2. The number of rotatable bonds is 6. The van der Waals surface area contributed by atoms with Gasteiger partial charge in [-0.1, -0.05) is 18.5 Å². The molecule has 0 radical (unpaired) electrons. The molecule has 10 heteroatoms. The van der Waals surface area contributed by atoms with Crippen LogP contribution in [0.25, 0.3) is 11.3 Å². The van der Waals surface area contributed by atoms with Gasteiger partial charge in [0, 0.05) is 73.3 Å². The van der Waals surface area contributed by atoms with Crippen molar-refractivity contribution < 1.29 is 14.6 Å². The number of aliphatic hydroxyl groups excluding tert-OH is 1. The number of benzene rings is 1. The highest BCUT2D eigenvalue weighted by atomic mass is 35.5. The lowest BCUT2D eigenvalue weighted by atomic mass is 9.73. The minimum Gasteiger partial charge on any atom is -0.494 e. The maximum atomic E-state index is 9.92. The van der Waals surface area contributed by atoms with E-state index in [0.29, 0.717) is 34.4 Å². The Morgan fingerprint density at radius 2 is 2.03 bits per heavy atom. The maximum absolute atomic E-state index is 9.92. The van der Waals surface area contributed by atoms with Crippen molar-refractivity contribution in [3.05, 3.63) is 47.2 Å². The first kappa shape index (κ1) is 24.2. The van der Waals surface area contributed by atoms with Crippen molar-refractivity contribution in [3.63, 3.8) is 0 Å². The lowest BCUT2D eigenvalue weighted by Gasteiger charge is -2.53. The molecule has 37 heavy (non-hydrogen) atoms. The highest BCUT2D eigenvalue weighted by Crippen LogP contribution is 2.46. The van der Waals surface area contributed by atoms with Gasteiger partial charge in [-0.25, -0.2) is 15.0 Å². The van der Waals surface area contributed by atoms with Crippen LogP contribution in [0.2, 0.25) is 5.02 Å². The third kappa shape index (κ3) is 4.35. The monoisotopic (exact) mass is 522 g/mol. The number of hydrogen-bond donors (Lipinski definition) is 3. The molecule has 0 amide bonds. The first-order chi connectivity index (χ1) is 17.9. The fourth-order valence-electron chi connectivity index (χ4n) is 5.53. The Labute approximate surface area is 221 Å². The van der Waals surface area contributed by atoms with Crippen LogP contribution in [0.4, 0.5) is 23.1 Å². The van der Waals surface area contributed by atoms with Crippen LogP contribution in [0.5, 0.6) is 5.75 Å². The number of hydrogen-bond acceptors (Lipinski definition) is 9. The van der Waals surface area contributed by atoms with E-state index in [-0.39, 0.29) is 12.0 Å². The highest BCUT2D eigenvalue weighted by molar-refractivity contribution is 6.33. The Morgan fingerprint density at radius 1 is 1.22 bits per heavy atom. The van der Waals surface area contributed by atoms with Crippen molar-refractivity contribution in [2.75, 3.05) is 62.1 Å². The van der Waals surface area contributed by atoms with Crippen LogP contribution in [0.3, 0.4) is 0 Å². The average Bonchev–Trinajstić information content (AvgIpc) is 3.24. The van der Waals surface area contributed by atoms with Gasteiger partial charge >= 0.3 is 0 Å². The summed E-state index contributed by atoms with van der Waals surface area (Å²) in [5, 5.41) is 17.1. The molecule has 0 aliphatic carbocycles. The summed E-state index contributed by atoms with van der Waals surface area (Å²) in [7, 11) is 1.65. The number of pyridine rings is 1. The molecule has 3 aliphatic rings. The van der Waals surface area contributed by atoms with E-state index in [1.807, 2.05) is 31.2 Å². The summed E-state index contributed by atoms with van der Waals surface area (Å²) in [6.45, 7) is 6.35. The molecule has 1 spiro atoms. The second-order valence-electron chi connectivity index (χ2n) is 10.6. The number of anilines is 4. The predicted octanol–water partition coefficient (Wildman–Crippen LogP) is 4.24. The number of methoxy groups -OCH3 is 1. The van der Waals surface area contributed by atoms with E-state index >= 15 is 0 Å². The van der Waals surface area contributed by atoms with Crippen molar-refractivity contribution in [1.29, 1.82) is 0 Å². The summed E-state index contributed by atoms with van der Waals surface area (Å²) in [6, 6.07) is 7.73. The van der Waals surface area contributed by atoms with Gasteiger partial charge < -0.3 is 30.1 Å². The molecule has 3 aromatic rings. The number of aromatic nitrogens is 3. The Morgan fingerprint density at radius 3 is 2.78 bits per heavy atom. The van der Waals surface area contributed by atoms with Crippen molar-refractivity contribution in [3.8, 4) is 17.0 Å². The molecule has 6 rings (SSSR count). The van der Waals surface area contributed by atoms with Crippen LogP contribution in [0.1, 0.15) is 25.3 Å². The van der Waals surface area contributed by atoms with Crippen molar-refractivity contribution in [2.24, 2.45) is 5.41 Å². The third-order valence-electron chi connectivity index (χ3n) is 7.95. The predicted molar refractivity (Wildman–Crippen MR) is 144 cm³/mol. The summed E-state index contributed by atoms with van der Waals surface area (Å²) >= 11 is 6.74. The van der Waals surface area contributed by atoms with E-state index in [1.165, 1.54) is 0 Å². The lowest BCUT2D eigenvalue weighted by molar-refractivity contribution is -0.000194. The Balaban J connectivity index is 1.23. The Kier molecular flexibility index (Phi) is 6.09. The number of nitrogens with zero attached hydrogens (tertiary/aromatic N) is 4. The smallest absolute Gasteiger partial charge is 0.227 e. The van der Waals surface area contributed by atoms with Gasteiger partial charge in [-0.15, -0.1) is 0 Å². The molecule has 1 aromatic carbocycles. The van der Waals surface area contributed by atoms with Gasteiger partial charge in [0.15, 0.2) is 0 Å². The summed E-state index contributed by atoms with van der Waals surface area (Å²) in [4.78, 5) is 16.0. The topological polar surface area (TPSA) is 105 Å². The van der Waals surface area contributed by atoms with E-state index in [4.69, 9.17) is 26.1 Å². The fraction of sp³-hybridized carbons (Fsp3) is 0.444. The normalized spacial score (nSPS) is 21.8. The van der Waals surface area contributed by atoms with Gasteiger partial charge in [-0.05, 0) is 31.0 Å². The molecule has 0 saturated carbocycles. The minimum absolute atomic E-state index is 0.0398. The van der Waals surface area contributed by atoms with Crippen LogP contribution in [0.15, 0.2) is 36.7 Å². The minimum atomic E-state index is -0.376. The number of fused-ring (bicyclic) bond motifs is 1. The highest BCUT2D eigenvalue weighted by Gasteiger charge is 2.44. The van der Waals surface area contributed by atoms with Gasteiger partial charge in [0.25, 0.3) is 0 Å². The molecular weight excluding hydrogens is 492 g/mol. The van der Waals surface area contributed by atoms with Crippen LogP contribution in [-0.4, -0.2) is 66.6 Å². The second-order valence-corrected chi connectivity index (χ2v) is 11.0. The zero-order chi connectivity index (χ0) is 25.6. The third-order valence-corrected chi connectivity index (χ3v) is 8.25.